The number of hydrogen-bond donors (Lipinski definition) is 1. The van der Waals surface area contributed by atoms with Gasteiger partial charge in [0.2, 0.25) is 0 Å². The molecule has 3 aromatic rings. The molecular formula is C22H18ClFN2O. The van der Waals surface area contributed by atoms with Gasteiger partial charge in [0, 0.05) is 17.3 Å². The van der Waals surface area contributed by atoms with E-state index in [-0.39, 0.29) is 17.9 Å². The Balaban J connectivity index is 1.70. The van der Waals surface area contributed by atoms with E-state index in [2.05, 4.69) is 17.4 Å². The number of rotatable bonds is 2. The number of carbonyl (C=O) groups is 1. The molecule has 0 unspecified atom stereocenters. The summed E-state index contributed by atoms with van der Waals surface area (Å²) in [6.45, 7) is 0.575. The lowest BCUT2D eigenvalue weighted by molar-refractivity contribution is 0.194. The van der Waals surface area contributed by atoms with E-state index in [4.69, 9.17) is 11.6 Å². The van der Waals surface area contributed by atoms with E-state index in [0.717, 1.165) is 17.5 Å². The monoisotopic (exact) mass is 380 g/mol. The second-order valence-electron chi connectivity index (χ2n) is 6.54. The highest BCUT2D eigenvalue weighted by atomic mass is 35.5. The molecule has 136 valence electrons. The van der Waals surface area contributed by atoms with Gasteiger partial charge in [-0.2, -0.15) is 0 Å². The van der Waals surface area contributed by atoms with Crippen LogP contribution >= 0.6 is 11.6 Å². The highest BCUT2D eigenvalue weighted by Gasteiger charge is 2.32. The smallest absolute Gasteiger partial charge is 0.313 e. The molecular weight excluding hydrogens is 363 g/mol. The standard InChI is InChI=1S/C22H18ClFN2O/c23-17-10-8-16(9-11-17)21-20-7-2-1-4-15(20)12-13-26(21)22(27)25-19-6-3-5-18(24)14-19/h1-11,14,21H,12-13H2,(H,25,27)/t21-/m0/s1. The first-order valence-corrected chi connectivity index (χ1v) is 9.16. The molecule has 1 aliphatic heterocycles. The molecule has 0 saturated heterocycles. The fourth-order valence-corrected chi connectivity index (χ4v) is 3.68. The quantitative estimate of drug-likeness (QED) is 0.611. The molecule has 0 aromatic heterocycles. The van der Waals surface area contributed by atoms with E-state index in [1.165, 1.54) is 17.7 Å². The Morgan fingerprint density at radius 3 is 2.59 bits per heavy atom. The second-order valence-corrected chi connectivity index (χ2v) is 6.97. The van der Waals surface area contributed by atoms with Crippen LogP contribution in [-0.4, -0.2) is 17.5 Å². The summed E-state index contributed by atoms with van der Waals surface area (Å²) >= 11 is 6.04. The van der Waals surface area contributed by atoms with Crippen molar-refractivity contribution in [2.45, 2.75) is 12.5 Å². The summed E-state index contributed by atoms with van der Waals surface area (Å²) in [5.74, 6) is -0.383. The highest BCUT2D eigenvalue weighted by molar-refractivity contribution is 6.30. The van der Waals surface area contributed by atoms with Gasteiger partial charge in [-0.25, -0.2) is 9.18 Å². The summed E-state index contributed by atoms with van der Waals surface area (Å²) in [6.07, 6.45) is 0.775. The third-order valence-corrected chi connectivity index (χ3v) is 5.06. The van der Waals surface area contributed by atoms with E-state index in [0.29, 0.717) is 17.3 Å². The average molecular weight is 381 g/mol. The van der Waals surface area contributed by atoms with Crippen LogP contribution in [0.15, 0.2) is 72.8 Å². The molecule has 2 amide bonds. The lowest BCUT2D eigenvalue weighted by Crippen LogP contribution is -2.43. The predicted molar refractivity (Wildman–Crippen MR) is 106 cm³/mol. The zero-order valence-corrected chi connectivity index (χ0v) is 15.3. The van der Waals surface area contributed by atoms with Crippen LogP contribution in [-0.2, 0) is 6.42 Å². The number of nitrogens with zero attached hydrogens (tertiary/aromatic N) is 1. The molecule has 0 aliphatic carbocycles. The number of amides is 2. The highest BCUT2D eigenvalue weighted by Crippen LogP contribution is 2.36. The topological polar surface area (TPSA) is 32.3 Å². The lowest BCUT2D eigenvalue weighted by atomic mass is 9.88. The van der Waals surface area contributed by atoms with Crippen molar-refractivity contribution in [2.75, 3.05) is 11.9 Å². The van der Waals surface area contributed by atoms with Gasteiger partial charge in [0.1, 0.15) is 5.82 Å². The number of nitrogens with one attached hydrogen (secondary N) is 1. The molecule has 27 heavy (non-hydrogen) atoms. The molecule has 4 rings (SSSR count). The molecule has 1 N–H and O–H groups in total. The largest absolute Gasteiger partial charge is 0.322 e. The Kier molecular flexibility index (Phi) is 4.82. The minimum absolute atomic E-state index is 0.222. The van der Waals surface area contributed by atoms with Crippen molar-refractivity contribution in [1.29, 1.82) is 0 Å². The second kappa shape index (κ2) is 7.41. The van der Waals surface area contributed by atoms with E-state index < -0.39 is 0 Å². The van der Waals surface area contributed by atoms with Gasteiger partial charge in [0.25, 0.3) is 0 Å². The first-order chi connectivity index (χ1) is 13.1. The minimum atomic E-state index is -0.383. The Hall–Kier alpha value is -2.85. The summed E-state index contributed by atoms with van der Waals surface area (Å²) in [5, 5.41) is 3.47. The summed E-state index contributed by atoms with van der Waals surface area (Å²) < 4.78 is 13.5. The number of urea groups is 1. The van der Waals surface area contributed by atoms with Crippen LogP contribution in [0.25, 0.3) is 0 Å². The van der Waals surface area contributed by atoms with Gasteiger partial charge in [0.05, 0.1) is 6.04 Å². The molecule has 1 aliphatic rings. The van der Waals surface area contributed by atoms with Crippen molar-refractivity contribution in [1.82, 2.24) is 4.90 Å². The molecule has 0 radical (unpaired) electrons. The van der Waals surface area contributed by atoms with Gasteiger partial charge in [-0.05, 0) is 53.4 Å². The molecule has 0 fully saturated rings. The Morgan fingerprint density at radius 1 is 1.04 bits per heavy atom. The van der Waals surface area contributed by atoms with Crippen molar-refractivity contribution in [3.05, 3.63) is 100 Å². The van der Waals surface area contributed by atoms with Crippen LogP contribution in [0.3, 0.4) is 0 Å². The molecule has 3 aromatic carbocycles. The maximum Gasteiger partial charge on any atom is 0.322 e. The maximum absolute atomic E-state index is 13.5. The number of hydrogen-bond acceptors (Lipinski definition) is 1. The first kappa shape index (κ1) is 17.6. The van der Waals surface area contributed by atoms with Crippen molar-refractivity contribution in [2.24, 2.45) is 0 Å². The van der Waals surface area contributed by atoms with E-state index in [9.17, 15) is 9.18 Å². The van der Waals surface area contributed by atoms with Crippen molar-refractivity contribution < 1.29 is 9.18 Å². The van der Waals surface area contributed by atoms with Crippen molar-refractivity contribution in [3.63, 3.8) is 0 Å². The molecule has 0 bridgehead atoms. The average Bonchev–Trinajstić information content (AvgIpc) is 2.68. The number of fused-ring (bicyclic) bond motifs is 1. The fraction of sp³-hybridized carbons (Fsp3) is 0.136. The zero-order chi connectivity index (χ0) is 18.8. The summed E-state index contributed by atoms with van der Waals surface area (Å²) in [5.41, 5.74) is 3.75. The Labute approximate surface area is 162 Å². The fourth-order valence-electron chi connectivity index (χ4n) is 3.55. The van der Waals surface area contributed by atoms with Gasteiger partial charge in [-0.15, -0.1) is 0 Å². The zero-order valence-electron chi connectivity index (χ0n) is 14.5. The van der Waals surface area contributed by atoms with E-state index in [1.807, 2.05) is 36.4 Å². The van der Waals surface area contributed by atoms with Crippen LogP contribution in [0.2, 0.25) is 5.02 Å². The maximum atomic E-state index is 13.5. The van der Waals surface area contributed by atoms with E-state index in [1.54, 1.807) is 17.0 Å². The van der Waals surface area contributed by atoms with Crippen LogP contribution in [0.4, 0.5) is 14.9 Å². The molecule has 0 spiro atoms. The van der Waals surface area contributed by atoms with Gasteiger partial charge in [0.15, 0.2) is 0 Å². The summed E-state index contributed by atoms with van der Waals surface area (Å²) in [7, 11) is 0. The third kappa shape index (κ3) is 3.67. The van der Waals surface area contributed by atoms with Crippen LogP contribution in [0.5, 0.6) is 0 Å². The van der Waals surface area contributed by atoms with Crippen LogP contribution in [0, 0.1) is 5.82 Å². The number of benzene rings is 3. The van der Waals surface area contributed by atoms with Gasteiger partial charge in [-0.1, -0.05) is 54.1 Å². The molecule has 1 heterocycles. The van der Waals surface area contributed by atoms with Crippen molar-refractivity contribution >= 4 is 23.3 Å². The normalized spacial score (nSPS) is 15.9. The summed E-state index contributed by atoms with van der Waals surface area (Å²) in [4.78, 5) is 14.8. The third-order valence-electron chi connectivity index (χ3n) is 4.81. The Morgan fingerprint density at radius 2 is 1.81 bits per heavy atom. The predicted octanol–water partition coefficient (Wildman–Crippen LogP) is 5.66. The van der Waals surface area contributed by atoms with Crippen LogP contribution in [0.1, 0.15) is 22.7 Å². The first-order valence-electron chi connectivity index (χ1n) is 8.78. The number of anilines is 1. The lowest BCUT2D eigenvalue weighted by Gasteiger charge is -2.37. The minimum Gasteiger partial charge on any atom is -0.313 e. The molecule has 3 nitrogen and oxygen atoms in total. The Bertz CT molecular complexity index is 974. The molecule has 0 saturated carbocycles. The van der Waals surface area contributed by atoms with Gasteiger partial charge >= 0.3 is 6.03 Å². The SMILES string of the molecule is O=C(Nc1cccc(F)c1)N1CCc2ccccc2[C@@H]1c1ccc(Cl)cc1. The molecule has 1 atom stereocenters. The van der Waals surface area contributed by atoms with Crippen LogP contribution < -0.4 is 5.32 Å². The van der Waals surface area contributed by atoms with E-state index >= 15 is 0 Å². The van der Waals surface area contributed by atoms with Crippen molar-refractivity contribution in [3.8, 4) is 0 Å². The number of halogens is 2. The molecule has 5 heteroatoms. The van der Waals surface area contributed by atoms with Gasteiger partial charge < -0.3 is 10.2 Å². The van der Waals surface area contributed by atoms with Gasteiger partial charge in [-0.3, -0.25) is 0 Å². The number of carbonyl (C=O) groups excluding carboxylic acids is 1. The summed E-state index contributed by atoms with van der Waals surface area (Å²) in [6, 6.07) is 21.1.